The van der Waals surface area contributed by atoms with E-state index >= 15 is 0 Å². The number of imide groups is 1. The molecule has 0 unspecified atom stereocenters. The first kappa shape index (κ1) is 25.6. The van der Waals surface area contributed by atoms with E-state index < -0.39 is 0 Å². The van der Waals surface area contributed by atoms with Crippen LogP contribution in [0.1, 0.15) is 37.7 Å². The highest BCUT2D eigenvalue weighted by molar-refractivity contribution is 14.1. The Morgan fingerprint density at radius 3 is 2.63 bits per heavy atom. The molecule has 3 amide bonds. The zero-order valence-electron chi connectivity index (χ0n) is 19.4. The van der Waals surface area contributed by atoms with Crippen molar-refractivity contribution in [2.45, 2.75) is 32.1 Å². The lowest BCUT2D eigenvalue weighted by Crippen LogP contribution is -2.34. The van der Waals surface area contributed by atoms with Gasteiger partial charge in [0.25, 0.3) is 17.1 Å². The van der Waals surface area contributed by atoms with Gasteiger partial charge in [-0.2, -0.15) is 0 Å². The molecule has 2 aromatic rings. The second-order valence-electron chi connectivity index (χ2n) is 8.53. The summed E-state index contributed by atoms with van der Waals surface area (Å²) >= 11 is 3.08. The zero-order chi connectivity index (χ0) is 24.8. The predicted octanol–water partition coefficient (Wildman–Crippen LogP) is 5.93. The lowest BCUT2D eigenvalue weighted by Gasteiger charge is -2.25. The molecule has 0 radical (unpaired) electrons. The summed E-state index contributed by atoms with van der Waals surface area (Å²) in [6.45, 7) is 0.321. The van der Waals surface area contributed by atoms with Crippen LogP contribution in [0.2, 0.25) is 0 Å². The highest BCUT2D eigenvalue weighted by Crippen LogP contribution is 2.38. The second kappa shape index (κ2) is 11.9. The number of nitrogens with one attached hydrogen (secondary N) is 1. The summed E-state index contributed by atoms with van der Waals surface area (Å²) in [5.41, 5.74) is 1.41. The summed E-state index contributed by atoms with van der Waals surface area (Å²) in [4.78, 5) is 39.5. The Kier molecular flexibility index (Phi) is 8.72. The van der Waals surface area contributed by atoms with Crippen LogP contribution >= 0.6 is 34.4 Å². The Bertz CT molecular complexity index is 1130. The number of benzene rings is 2. The van der Waals surface area contributed by atoms with E-state index in [9.17, 15) is 14.4 Å². The third-order valence-corrected chi connectivity index (χ3v) is 7.70. The predicted molar refractivity (Wildman–Crippen MR) is 146 cm³/mol. The van der Waals surface area contributed by atoms with Crippen molar-refractivity contribution in [3.63, 3.8) is 0 Å². The summed E-state index contributed by atoms with van der Waals surface area (Å²) in [5, 5.41) is 2.57. The molecule has 2 aromatic carbocycles. The molecular weight excluding hydrogens is 579 g/mol. The van der Waals surface area contributed by atoms with Crippen molar-refractivity contribution < 1.29 is 23.9 Å². The van der Waals surface area contributed by atoms with E-state index in [2.05, 4.69) is 27.9 Å². The number of methoxy groups -OCH3 is 1. The molecule has 1 saturated carbocycles. The van der Waals surface area contributed by atoms with Crippen LogP contribution in [0.3, 0.4) is 0 Å². The number of amides is 3. The molecule has 0 atom stereocenters. The van der Waals surface area contributed by atoms with Gasteiger partial charge in [0.15, 0.2) is 18.1 Å². The van der Waals surface area contributed by atoms with Gasteiger partial charge in [-0.1, -0.05) is 37.5 Å². The third kappa shape index (κ3) is 6.58. The molecule has 1 aliphatic heterocycles. The quantitative estimate of drug-likeness (QED) is 0.296. The highest BCUT2D eigenvalue weighted by Gasteiger charge is 2.36. The number of para-hydroxylation sites is 1. The van der Waals surface area contributed by atoms with Crippen LogP contribution in [-0.2, 0) is 9.59 Å². The van der Waals surface area contributed by atoms with Gasteiger partial charge in [-0.25, -0.2) is 0 Å². The fourth-order valence-corrected chi connectivity index (χ4v) is 5.89. The van der Waals surface area contributed by atoms with E-state index in [1.54, 1.807) is 24.3 Å². The molecule has 0 spiro atoms. The molecule has 1 saturated heterocycles. The first-order chi connectivity index (χ1) is 16.9. The van der Waals surface area contributed by atoms with Gasteiger partial charge in [0.2, 0.25) is 0 Å². The number of anilines is 1. The van der Waals surface area contributed by atoms with Crippen molar-refractivity contribution >= 4 is 63.2 Å². The fourth-order valence-electron chi connectivity index (χ4n) is 4.26. The molecule has 1 aliphatic carbocycles. The number of halogens is 1. The van der Waals surface area contributed by atoms with Gasteiger partial charge < -0.3 is 14.8 Å². The fraction of sp³-hybridized carbons (Fsp3) is 0.346. The smallest absolute Gasteiger partial charge is 0.293 e. The van der Waals surface area contributed by atoms with Crippen molar-refractivity contribution in [3.05, 3.63) is 56.5 Å². The van der Waals surface area contributed by atoms with Crippen LogP contribution in [0.5, 0.6) is 11.5 Å². The van der Waals surface area contributed by atoms with E-state index in [0.29, 0.717) is 34.6 Å². The molecule has 184 valence electrons. The average Bonchev–Trinajstić information content (AvgIpc) is 3.11. The molecule has 1 N–H and O–H groups in total. The third-order valence-electron chi connectivity index (χ3n) is 5.99. The van der Waals surface area contributed by atoms with Crippen molar-refractivity contribution in [2.75, 3.05) is 25.6 Å². The molecule has 2 fully saturated rings. The van der Waals surface area contributed by atoms with Crippen LogP contribution in [0.15, 0.2) is 47.4 Å². The Hall–Kier alpha value is -2.53. The van der Waals surface area contributed by atoms with Gasteiger partial charge >= 0.3 is 0 Å². The molecule has 9 heteroatoms. The zero-order valence-corrected chi connectivity index (χ0v) is 22.4. The highest BCUT2D eigenvalue weighted by atomic mass is 127. The summed E-state index contributed by atoms with van der Waals surface area (Å²) in [5.74, 6) is 0.756. The molecular formula is C26H27IN2O5S. The van der Waals surface area contributed by atoms with Gasteiger partial charge in [-0.15, -0.1) is 0 Å². The van der Waals surface area contributed by atoms with E-state index in [4.69, 9.17) is 9.47 Å². The van der Waals surface area contributed by atoms with Crippen molar-refractivity contribution in [3.8, 4) is 11.5 Å². The van der Waals surface area contributed by atoms with Crippen LogP contribution in [0.4, 0.5) is 10.5 Å². The van der Waals surface area contributed by atoms with Crippen molar-refractivity contribution in [1.29, 1.82) is 0 Å². The molecule has 4 rings (SSSR count). The normalized spacial score (nSPS) is 17.7. The number of hydrogen-bond donors (Lipinski definition) is 1. The van der Waals surface area contributed by atoms with Gasteiger partial charge in [-0.3, -0.25) is 19.3 Å². The molecule has 2 aliphatic rings. The maximum absolute atomic E-state index is 12.9. The number of hydrogen-bond acceptors (Lipinski definition) is 6. The maximum atomic E-state index is 12.9. The molecule has 35 heavy (non-hydrogen) atoms. The van der Waals surface area contributed by atoms with Crippen LogP contribution in [0.25, 0.3) is 6.08 Å². The SMILES string of the molecule is COc1cc(/C=C2/SC(=O)N(CC3CCCCC3)C2=O)cc(I)c1OCC(=O)Nc1ccccc1. The maximum Gasteiger partial charge on any atom is 0.293 e. The number of carbonyl (C=O) groups is 3. The average molecular weight is 606 g/mol. The molecule has 0 bridgehead atoms. The Morgan fingerprint density at radius 1 is 1.17 bits per heavy atom. The number of carbonyl (C=O) groups excluding carboxylic acids is 3. The summed E-state index contributed by atoms with van der Waals surface area (Å²) in [7, 11) is 1.52. The largest absolute Gasteiger partial charge is 0.493 e. The number of thioether (sulfide) groups is 1. The minimum Gasteiger partial charge on any atom is -0.493 e. The van der Waals surface area contributed by atoms with Crippen LogP contribution in [-0.4, -0.2) is 42.2 Å². The summed E-state index contributed by atoms with van der Waals surface area (Å²) < 4.78 is 12.0. The summed E-state index contributed by atoms with van der Waals surface area (Å²) in [6, 6.07) is 12.7. The minimum absolute atomic E-state index is 0.180. The van der Waals surface area contributed by atoms with E-state index in [1.165, 1.54) is 18.4 Å². The lowest BCUT2D eigenvalue weighted by atomic mass is 9.89. The first-order valence-electron chi connectivity index (χ1n) is 11.5. The van der Waals surface area contributed by atoms with Gasteiger partial charge in [0, 0.05) is 12.2 Å². The lowest BCUT2D eigenvalue weighted by molar-refractivity contribution is -0.123. The molecule has 0 aromatic heterocycles. The van der Waals surface area contributed by atoms with Gasteiger partial charge in [0.1, 0.15) is 0 Å². The van der Waals surface area contributed by atoms with Gasteiger partial charge in [0.05, 0.1) is 15.6 Å². The van der Waals surface area contributed by atoms with E-state index in [1.807, 2.05) is 24.3 Å². The number of nitrogens with zero attached hydrogens (tertiary/aromatic N) is 1. The number of ether oxygens (including phenoxy) is 2. The molecule has 1 heterocycles. The van der Waals surface area contributed by atoms with E-state index in [0.717, 1.165) is 46.6 Å². The summed E-state index contributed by atoms with van der Waals surface area (Å²) in [6.07, 6.45) is 7.41. The minimum atomic E-state index is -0.287. The Balaban J connectivity index is 1.44. The Morgan fingerprint density at radius 2 is 1.91 bits per heavy atom. The van der Waals surface area contributed by atoms with Crippen molar-refractivity contribution in [2.24, 2.45) is 5.92 Å². The molecule has 7 nitrogen and oxygen atoms in total. The van der Waals surface area contributed by atoms with Crippen LogP contribution < -0.4 is 14.8 Å². The Labute approximate surface area is 222 Å². The second-order valence-corrected chi connectivity index (χ2v) is 10.7. The van der Waals surface area contributed by atoms with E-state index in [-0.39, 0.29) is 23.7 Å². The van der Waals surface area contributed by atoms with Crippen LogP contribution in [0, 0.1) is 9.49 Å². The van der Waals surface area contributed by atoms with Gasteiger partial charge in [-0.05, 0) is 89.0 Å². The monoisotopic (exact) mass is 606 g/mol. The standard InChI is InChI=1S/C26H27IN2O5S/c1-33-21-13-18(12-20(27)24(21)34-16-23(30)28-19-10-6-3-7-11-19)14-22-25(31)29(26(32)35-22)15-17-8-4-2-5-9-17/h3,6-7,10-14,17H,2,4-5,8-9,15-16H2,1H3,(H,28,30)/b22-14+. The first-order valence-corrected chi connectivity index (χ1v) is 13.4. The topological polar surface area (TPSA) is 84.9 Å². The number of rotatable bonds is 8. The van der Waals surface area contributed by atoms with Crippen molar-refractivity contribution in [1.82, 2.24) is 4.90 Å².